The first kappa shape index (κ1) is 16.4. The number of hydrogen-bond acceptors (Lipinski definition) is 4. The highest BCUT2D eigenvalue weighted by molar-refractivity contribution is 5.76. The minimum absolute atomic E-state index is 0.0102. The lowest BCUT2D eigenvalue weighted by Crippen LogP contribution is -2.40. The predicted octanol–water partition coefficient (Wildman–Crippen LogP) is 1.26. The highest BCUT2D eigenvalue weighted by atomic mass is 16.5. The van der Waals surface area contributed by atoms with E-state index in [2.05, 4.69) is 34.5 Å². The number of benzene rings is 1. The summed E-state index contributed by atoms with van der Waals surface area (Å²) in [5, 5.41) is 3.55. The highest BCUT2D eigenvalue weighted by Crippen LogP contribution is 2.19. The van der Waals surface area contributed by atoms with Crippen molar-refractivity contribution in [1.29, 1.82) is 0 Å². The Morgan fingerprint density at radius 2 is 2.22 bits per heavy atom. The second-order valence-corrected chi connectivity index (χ2v) is 6.74. The third-order valence-corrected chi connectivity index (χ3v) is 4.83. The van der Waals surface area contributed by atoms with Crippen LogP contribution in [0.15, 0.2) is 24.3 Å². The van der Waals surface area contributed by atoms with Crippen LogP contribution in [-0.2, 0) is 22.6 Å². The van der Waals surface area contributed by atoms with Crippen LogP contribution in [0.1, 0.15) is 30.4 Å². The van der Waals surface area contributed by atoms with Crippen LogP contribution in [0.5, 0.6) is 0 Å². The van der Waals surface area contributed by atoms with Gasteiger partial charge in [0.05, 0.1) is 12.5 Å². The van der Waals surface area contributed by atoms with E-state index in [-0.39, 0.29) is 11.8 Å². The zero-order valence-electron chi connectivity index (χ0n) is 13.7. The number of amides is 1. The van der Waals surface area contributed by atoms with Crippen molar-refractivity contribution < 1.29 is 9.53 Å². The Bertz CT molecular complexity index is 529. The minimum Gasteiger partial charge on any atom is -0.380 e. The zero-order chi connectivity index (χ0) is 16.1. The van der Waals surface area contributed by atoms with E-state index in [0.717, 1.165) is 58.7 Å². The number of nitrogens with one attached hydrogen (secondary N) is 1. The number of nitrogens with two attached hydrogens (primary N) is 1. The summed E-state index contributed by atoms with van der Waals surface area (Å²) >= 11 is 0. The number of hydrogen-bond donors (Lipinski definition) is 2. The minimum atomic E-state index is -0.161. The quantitative estimate of drug-likeness (QED) is 0.829. The molecule has 0 radical (unpaired) electrons. The molecule has 0 aromatic heterocycles. The van der Waals surface area contributed by atoms with Gasteiger partial charge in [-0.25, -0.2) is 0 Å². The van der Waals surface area contributed by atoms with E-state index in [1.165, 1.54) is 11.1 Å². The van der Waals surface area contributed by atoms with E-state index < -0.39 is 0 Å². The molecular weight excluding hydrogens is 290 g/mol. The molecule has 0 spiro atoms. The molecule has 1 aromatic rings. The number of ether oxygens (including phenoxy) is 1. The number of carbonyl (C=O) groups excluding carboxylic acids is 1. The molecule has 2 fully saturated rings. The average Bonchev–Trinajstić information content (AvgIpc) is 3.07. The van der Waals surface area contributed by atoms with Crippen molar-refractivity contribution in [2.45, 2.75) is 38.4 Å². The van der Waals surface area contributed by atoms with Crippen LogP contribution in [0.2, 0.25) is 0 Å². The van der Waals surface area contributed by atoms with Gasteiger partial charge in [0.25, 0.3) is 0 Å². The molecule has 0 saturated carbocycles. The summed E-state index contributed by atoms with van der Waals surface area (Å²) in [6.07, 6.45) is 3.08. The van der Waals surface area contributed by atoms with E-state index in [1.54, 1.807) is 0 Å². The van der Waals surface area contributed by atoms with E-state index in [4.69, 9.17) is 10.5 Å². The molecule has 23 heavy (non-hydrogen) atoms. The zero-order valence-corrected chi connectivity index (χ0v) is 13.7. The van der Waals surface area contributed by atoms with E-state index in [9.17, 15) is 4.79 Å². The van der Waals surface area contributed by atoms with Gasteiger partial charge in [0, 0.05) is 32.3 Å². The Morgan fingerprint density at radius 3 is 3.00 bits per heavy atom. The molecule has 2 aliphatic heterocycles. The monoisotopic (exact) mass is 317 g/mol. The predicted molar refractivity (Wildman–Crippen MR) is 89.7 cm³/mol. The van der Waals surface area contributed by atoms with E-state index in [1.807, 2.05) is 0 Å². The number of piperidine rings is 1. The molecule has 2 atom stereocenters. The van der Waals surface area contributed by atoms with Gasteiger partial charge in [-0.3, -0.25) is 9.69 Å². The fraction of sp³-hybridized carbons (Fsp3) is 0.611. The lowest BCUT2D eigenvalue weighted by Gasteiger charge is -2.31. The molecule has 0 bridgehead atoms. The molecule has 1 amide bonds. The lowest BCUT2D eigenvalue weighted by atomic mass is 9.97. The SMILES string of the molecule is NC(=O)C1CCCN(Cc2cccc(CNC3CCOC3)c2)C1. The summed E-state index contributed by atoms with van der Waals surface area (Å²) < 4.78 is 5.39. The Morgan fingerprint density at radius 1 is 1.35 bits per heavy atom. The Kier molecular flexibility index (Phi) is 5.65. The molecule has 126 valence electrons. The maximum Gasteiger partial charge on any atom is 0.221 e. The van der Waals surface area contributed by atoms with Gasteiger partial charge in [0.2, 0.25) is 5.91 Å². The van der Waals surface area contributed by atoms with Gasteiger partial charge >= 0.3 is 0 Å². The van der Waals surface area contributed by atoms with E-state index in [0.29, 0.717) is 6.04 Å². The number of likely N-dealkylation sites (tertiary alicyclic amines) is 1. The summed E-state index contributed by atoms with van der Waals surface area (Å²) in [5.74, 6) is -0.151. The smallest absolute Gasteiger partial charge is 0.221 e. The van der Waals surface area contributed by atoms with Crippen molar-refractivity contribution in [1.82, 2.24) is 10.2 Å². The van der Waals surface area contributed by atoms with Gasteiger partial charge in [-0.2, -0.15) is 0 Å². The fourth-order valence-electron chi connectivity index (χ4n) is 3.49. The van der Waals surface area contributed by atoms with Crippen LogP contribution in [0, 0.1) is 5.92 Å². The second kappa shape index (κ2) is 7.90. The first-order chi connectivity index (χ1) is 11.2. The molecule has 5 nitrogen and oxygen atoms in total. The summed E-state index contributed by atoms with van der Waals surface area (Å²) in [6.45, 7) is 5.30. The standard InChI is InChI=1S/C18H27N3O2/c19-18(22)16-5-2-7-21(12-16)11-15-4-1-3-14(9-15)10-20-17-6-8-23-13-17/h1,3-4,9,16-17,20H,2,5-8,10-13H2,(H2,19,22). The van der Waals surface area contributed by atoms with Gasteiger partial charge in [-0.1, -0.05) is 24.3 Å². The molecule has 2 unspecified atom stereocenters. The van der Waals surface area contributed by atoms with Gasteiger partial charge in [0.1, 0.15) is 0 Å². The fourth-order valence-corrected chi connectivity index (χ4v) is 3.49. The van der Waals surface area contributed by atoms with Crippen molar-refractivity contribution in [3.8, 4) is 0 Å². The number of primary amides is 1. The van der Waals surface area contributed by atoms with Crippen molar-refractivity contribution in [2.75, 3.05) is 26.3 Å². The van der Waals surface area contributed by atoms with Gasteiger partial charge in [0.15, 0.2) is 0 Å². The average molecular weight is 317 g/mol. The van der Waals surface area contributed by atoms with Crippen LogP contribution in [0.25, 0.3) is 0 Å². The van der Waals surface area contributed by atoms with E-state index >= 15 is 0 Å². The van der Waals surface area contributed by atoms with Crippen molar-refractivity contribution >= 4 is 5.91 Å². The summed E-state index contributed by atoms with van der Waals surface area (Å²) in [6, 6.07) is 9.19. The molecule has 2 saturated heterocycles. The number of carbonyl (C=O) groups is 1. The normalized spacial score (nSPS) is 25.6. The molecule has 3 rings (SSSR count). The molecular formula is C18H27N3O2. The van der Waals surface area contributed by atoms with Crippen molar-refractivity contribution in [3.05, 3.63) is 35.4 Å². The summed E-state index contributed by atoms with van der Waals surface area (Å²) in [4.78, 5) is 13.7. The molecule has 2 aliphatic rings. The first-order valence-corrected chi connectivity index (χ1v) is 8.61. The Hall–Kier alpha value is -1.43. The lowest BCUT2D eigenvalue weighted by molar-refractivity contribution is -0.123. The van der Waals surface area contributed by atoms with Gasteiger partial charge in [-0.05, 0) is 36.9 Å². The first-order valence-electron chi connectivity index (χ1n) is 8.61. The highest BCUT2D eigenvalue weighted by Gasteiger charge is 2.23. The topological polar surface area (TPSA) is 67.6 Å². The van der Waals surface area contributed by atoms with Crippen LogP contribution in [0.3, 0.4) is 0 Å². The van der Waals surface area contributed by atoms with Crippen molar-refractivity contribution in [3.63, 3.8) is 0 Å². The third kappa shape index (κ3) is 4.77. The Labute approximate surface area is 138 Å². The van der Waals surface area contributed by atoms with Gasteiger partial charge in [-0.15, -0.1) is 0 Å². The summed E-state index contributed by atoms with van der Waals surface area (Å²) in [7, 11) is 0. The number of rotatable bonds is 6. The van der Waals surface area contributed by atoms with Crippen LogP contribution in [0.4, 0.5) is 0 Å². The van der Waals surface area contributed by atoms with Crippen LogP contribution < -0.4 is 11.1 Å². The molecule has 2 heterocycles. The van der Waals surface area contributed by atoms with Crippen molar-refractivity contribution in [2.24, 2.45) is 11.7 Å². The molecule has 0 aliphatic carbocycles. The maximum absolute atomic E-state index is 11.4. The largest absolute Gasteiger partial charge is 0.380 e. The van der Waals surface area contributed by atoms with Gasteiger partial charge < -0.3 is 15.8 Å². The maximum atomic E-state index is 11.4. The summed E-state index contributed by atoms with van der Waals surface area (Å²) in [5.41, 5.74) is 8.07. The third-order valence-electron chi connectivity index (χ3n) is 4.83. The molecule has 3 N–H and O–H groups in total. The van der Waals surface area contributed by atoms with Crippen LogP contribution >= 0.6 is 0 Å². The van der Waals surface area contributed by atoms with Crippen LogP contribution in [-0.4, -0.2) is 43.2 Å². The number of nitrogens with zero attached hydrogens (tertiary/aromatic N) is 1. The Balaban J connectivity index is 1.53. The molecule has 1 aromatic carbocycles. The second-order valence-electron chi connectivity index (χ2n) is 6.74. The molecule has 5 heteroatoms.